The number of benzene rings is 2. The fourth-order valence-electron chi connectivity index (χ4n) is 1.58. The number of methoxy groups -OCH3 is 1. The highest BCUT2D eigenvalue weighted by molar-refractivity contribution is 5.95. The Bertz CT molecular complexity index is 627. The number of carbonyl (C=O) groups excluding carboxylic acids is 1. The van der Waals surface area contributed by atoms with E-state index in [0.717, 1.165) is 0 Å². The van der Waals surface area contributed by atoms with E-state index in [2.05, 4.69) is 15.4 Å². The van der Waals surface area contributed by atoms with E-state index in [0.29, 0.717) is 21.8 Å². The van der Waals surface area contributed by atoms with Crippen LogP contribution in [0.15, 0.2) is 59.8 Å². The van der Waals surface area contributed by atoms with Crippen LogP contribution >= 0.6 is 0 Å². The van der Waals surface area contributed by atoms with Crippen molar-refractivity contribution >= 4 is 17.3 Å². The Balaban J connectivity index is 2.21. The first-order valence-electron chi connectivity index (χ1n) is 5.88. The SMILES string of the molecule is COC(=O)c1ccccc1N/N=[N+](\[O-])c1ccccc1. The van der Waals surface area contributed by atoms with Gasteiger partial charge in [-0.15, -0.1) is 10.3 Å². The third-order valence-electron chi connectivity index (χ3n) is 2.57. The van der Waals surface area contributed by atoms with Gasteiger partial charge in [-0.3, -0.25) is 0 Å². The fourth-order valence-corrected chi connectivity index (χ4v) is 1.58. The van der Waals surface area contributed by atoms with E-state index < -0.39 is 5.97 Å². The molecule has 0 unspecified atom stereocenters. The van der Waals surface area contributed by atoms with Crippen molar-refractivity contribution in [2.24, 2.45) is 5.22 Å². The summed E-state index contributed by atoms with van der Waals surface area (Å²) in [5, 5.41) is 15.4. The second kappa shape index (κ2) is 6.33. The molecule has 0 fully saturated rings. The van der Waals surface area contributed by atoms with Gasteiger partial charge in [0, 0.05) is 0 Å². The molecule has 0 aromatic heterocycles. The Hall–Kier alpha value is -2.89. The number of nitrogens with one attached hydrogen (secondary N) is 1. The average molecular weight is 271 g/mol. The van der Waals surface area contributed by atoms with E-state index in [-0.39, 0.29) is 0 Å². The minimum Gasteiger partial charge on any atom is -0.691 e. The molecule has 1 N–H and O–H groups in total. The lowest BCUT2D eigenvalue weighted by Crippen LogP contribution is -2.06. The Kier molecular flexibility index (Phi) is 4.28. The predicted molar refractivity (Wildman–Crippen MR) is 73.6 cm³/mol. The molecule has 2 rings (SSSR count). The predicted octanol–water partition coefficient (Wildman–Crippen LogP) is 3.09. The number of ether oxygens (including phenoxy) is 1. The van der Waals surface area contributed by atoms with Crippen molar-refractivity contribution in [1.82, 2.24) is 0 Å². The molecule has 0 radical (unpaired) electrons. The van der Waals surface area contributed by atoms with Gasteiger partial charge in [0.1, 0.15) is 5.56 Å². The van der Waals surface area contributed by atoms with Crippen LogP contribution in [-0.4, -0.2) is 17.9 Å². The normalized spacial score (nSPS) is 10.9. The van der Waals surface area contributed by atoms with Crippen molar-refractivity contribution in [1.29, 1.82) is 0 Å². The molecule has 0 aliphatic rings. The molecule has 0 heterocycles. The van der Waals surface area contributed by atoms with E-state index >= 15 is 0 Å². The molecule has 0 saturated heterocycles. The molecule has 0 saturated carbocycles. The smallest absolute Gasteiger partial charge is 0.342 e. The maximum Gasteiger partial charge on any atom is 0.342 e. The van der Waals surface area contributed by atoms with E-state index in [1.165, 1.54) is 7.11 Å². The molecule has 2 aromatic rings. The van der Waals surface area contributed by atoms with Crippen molar-refractivity contribution in [3.63, 3.8) is 0 Å². The molecule has 2 aromatic carbocycles. The van der Waals surface area contributed by atoms with Crippen LogP contribution in [0.2, 0.25) is 0 Å². The standard InChI is InChI=1S/C14H13N3O3/c1-20-14(18)12-9-5-6-10-13(12)15-16-17(19)11-7-3-2-4-8-11/h2-10,15H,1H3/b17-16-. The van der Waals surface area contributed by atoms with Crippen molar-refractivity contribution in [2.45, 2.75) is 0 Å². The van der Waals surface area contributed by atoms with Crippen LogP contribution < -0.4 is 5.43 Å². The fraction of sp³-hybridized carbons (Fsp3) is 0.0714. The van der Waals surface area contributed by atoms with Crippen molar-refractivity contribution in [3.8, 4) is 0 Å². The van der Waals surface area contributed by atoms with Gasteiger partial charge >= 0.3 is 5.97 Å². The number of hydrogen-bond donors (Lipinski definition) is 1. The van der Waals surface area contributed by atoms with Gasteiger partial charge in [0.15, 0.2) is 11.4 Å². The summed E-state index contributed by atoms with van der Waals surface area (Å²) in [6.07, 6.45) is 0. The molecular weight excluding hydrogens is 258 g/mol. The van der Waals surface area contributed by atoms with Gasteiger partial charge < -0.3 is 9.94 Å². The van der Waals surface area contributed by atoms with Crippen molar-refractivity contribution in [3.05, 3.63) is 65.4 Å². The third kappa shape index (κ3) is 3.11. The first-order valence-corrected chi connectivity index (χ1v) is 5.88. The summed E-state index contributed by atoms with van der Waals surface area (Å²) in [6.45, 7) is 0. The maximum atomic E-state index is 11.7. The Labute approximate surface area is 115 Å². The van der Waals surface area contributed by atoms with Gasteiger partial charge in [-0.2, -0.15) is 0 Å². The number of nitrogens with zero attached hydrogens (tertiary/aromatic N) is 2. The summed E-state index contributed by atoms with van der Waals surface area (Å²) in [5.41, 5.74) is 3.65. The number of anilines is 1. The average Bonchev–Trinajstić information content (AvgIpc) is 2.53. The van der Waals surface area contributed by atoms with Crippen LogP contribution in [0.25, 0.3) is 0 Å². The summed E-state index contributed by atoms with van der Waals surface area (Å²) in [5.74, 6) is -0.500. The zero-order chi connectivity index (χ0) is 14.4. The first kappa shape index (κ1) is 13.5. The van der Waals surface area contributed by atoms with Gasteiger partial charge in [-0.1, -0.05) is 30.3 Å². The molecule has 0 spiro atoms. The van der Waals surface area contributed by atoms with Gasteiger partial charge in [-0.25, -0.2) is 4.79 Å². The van der Waals surface area contributed by atoms with Gasteiger partial charge in [0.2, 0.25) is 0 Å². The second-order valence-corrected chi connectivity index (χ2v) is 3.86. The first-order chi connectivity index (χ1) is 9.72. The van der Waals surface area contributed by atoms with Crippen LogP contribution in [0.4, 0.5) is 11.4 Å². The van der Waals surface area contributed by atoms with Gasteiger partial charge in [0.05, 0.1) is 12.3 Å². The van der Waals surface area contributed by atoms with E-state index in [1.807, 2.05) is 0 Å². The highest BCUT2D eigenvalue weighted by Crippen LogP contribution is 2.17. The number of hydrogen-bond acceptors (Lipinski definition) is 4. The Morgan fingerprint density at radius 3 is 2.50 bits per heavy atom. The quantitative estimate of drug-likeness (QED) is 0.401. The zero-order valence-corrected chi connectivity index (χ0v) is 10.8. The molecule has 20 heavy (non-hydrogen) atoms. The Morgan fingerprint density at radius 2 is 1.80 bits per heavy atom. The topological polar surface area (TPSA) is 76.8 Å². The molecule has 0 bridgehead atoms. The lowest BCUT2D eigenvalue weighted by Gasteiger charge is -2.06. The number of carbonyl (C=O) groups is 1. The largest absolute Gasteiger partial charge is 0.691 e. The van der Waals surface area contributed by atoms with E-state index in [9.17, 15) is 10.0 Å². The van der Waals surface area contributed by atoms with Crippen LogP contribution in [0.1, 0.15) is 10.4 Å². The minimum absolute atomic E-state index is 0.306. The zero-order valence-electron chi connectivity index (χ0n) is 10.8. The van der Waals surface area contributed by atoms with Gasteiger partial charge in [-0.05, 0) is 24.3 Å². The third-order valence-corrected chi connectivity index (χ3v) is 2.57. The molecule has 0 amide bonds. The Morgan fingerprint density at radius 1 is 1.15 bits per heavy atom. The second-order valence-electron chi connectivity index (χ2n) is 3.86. The minimum atomic E-state index is -0.500. The summed E-state index contributed by atoms with van der Waals surface area (Å²) < 4.78 is 4.66. The lowest BCUT2D eigenvalue weighted by atomic mass is 10.2. The lowest BCUT2D eigenvalue weighted by molar-refractivity contribution is -0.439. The summed E-state index contributed by atoms with van der Waals surface area (Å²) >= 11 is 0. The molecule has 0 atom stereocenters. The van der Waals surface area contributed by atoms with E-state index in [4.69, 9.17) is 0 Å². The summed E-state index contributed by atoms with van der Waals surface area (Å²) in [6, 6.07) is 15.2. The van der Waals surface area contributed by atoms with Crippen LogP contribution in [-0.2, 0) is 4.74 Å². The highest BCUT2D eigenvalue weighted by Gasteiger charge is 2.13. The van der Waals surface area contributed by atoms with Crippen LogP contribution in [0, 0.1) is 5.21 Å². The maximum absolute atomic E-state index is 11.7. The summed E-state index contributed by atoms with van der Waals surface area (Å²) in [4.78, 5) is 12.0. The highest BCUT2D eigenvalue weighted by atomic mass is 16.5. The van der Waals surface area contributed by atoms with Crippen LogP contribution in [0.5, 0.6) is 0 Å². The number of rotatable bonds is 4. The monoisotopic (exact) mass is 271 g/mol. The van der Waals surface area contributed by atoms with Gasteiger partial charge in [0.25, 0.3) is 0 Å². The summed E-state index contributed by atoms with van der Waals surface area (Å²) in [7, 11) is 1.29. The molecule has 6 heteroatoms. The molecule has 0 aliphatic heterocycles. The molecular formula is C14H13N3O3. The van der Waals surface area contributed by atoms with Crippen molar-refractivity contribution in [2.75, 3.05) is 12.5 Å². The molecule has 6 nitrogen and oxygen atoms in total. The number of para-hydroxylation sites is 2. The van der Waals surface area contributed by atoms with E-state index in [1.54, 1.807) is 54.6 Å². The van der Waals surface area contributed by atoms with Crippen LogP contribution in [0.3, 0.4) is 0 Å². The molecule has 102 valence electrons. The number of esters is 1. The van der Waals surface area contributed by atoms with Crippen molar-refractivity contribution < 1.29 is 14.4 Å². The molecule has 0 aliphatic carbocycles.